The summed E-state index contributed by atoms with van der Waals surface area (Å²) in [6.45, 7) is 6.64. The summed E-state index contributed by atoms with van der Waals surface area (Å²) in [7, 11) is 0. The number of hydrogen-bond acceptors (Lipinski definition) is 4. The minimum Gasteiger partial charge on any atom is -0.494 e. The van der Waals surface area contributed by atoms with Gasteiger partial charge in [0.2, 0.25) is 11.8 Å². The Kier molecular flexibility index (Phi) is 7.67. The second-order valence-electron chi connectivity index (χ2n) is 6.59. The lowest BCUT2D eigenvalue weighted by Crippen LogP contribution is -2.21. The first kappa shape index (κ1) is 20.3. The number of ether oxygens (including phenoxy) is 1. The maximum atomic E-state index is 12.1. The monoisotopic (exact) mass is 369 g/mol. The molecule has 0 bridgehead atoms. The minimum absolute atomic E-state index is 0.000583. The molecule has 0 saturated carbocycles. The van der Waals surface area contributed by atoms with Crippen molar-refractivity contribution in [1.82, 2.24) is 0 Å². The molecule has 27 heavy (non-hydrogen) atoms. The predicted octanol–water partition coefficient (Wildman–Crippen LogP) is 4.12. The lowest BCUT2D eigenvalue weighted by molar-refractivity contribution is -0.117. The molecule has 0 aromatic heterocycles. The molecule has 0 spiro atoms. The largest absolute Gasteiger partial charge is 0.494 e. The Morgan fingerprint density at radius 2 is 1.59 bits per heavy atom. The second-order valence-corrected chi connectivity index (χ2v) is 6.59. The van der Waals surface area contributed by atoms with E-state index >= 15 is 0 Å². The average molecular weight is 369 g/mol. The highest BCUT2D eigenvalue weighted by Gasteiger charge is 2.06. The molecule has 6 heteroatoms. The lowest BCUT2D eigenvalue weighted by Gasteiger charge is -2.10. The van der Waals surface area contributed by atoms with E-state index in [-0.39, 0.29) is 18.4 Å². The van der Waals surface area contributed by atoms with Crippen LogP contribution in [-0.4, -0.2) is 25.0 Å². The van der Waals surface area contributed by atoms with Gasteiger partial charge < -0.3 is 20.7 Å². The van der Waals surface area contributed by atoms with Crippen LogP contribution in [0, 0.1) is 5.92 Å². The van der Waals surface area contributed by atoms with Crippen molar-refractivity contribution >= 4 is 28.9 Å². The van der Waals surface area contributed by atoms with Gasteiger partial charge in [0.15, 0.2) is 0 Å². The highest BCUT2D eigenvalue weighted by Crippen LogP contribution is 2.17. The van der Waals surface area contributed by atoms with Gasteiger partial charge in [-0.25, -0.2) is 0 Å². The van der Waals surface area contributed by atoms with E-state index in [0.29, 0.717) is 24.6 Å². The first-order chi connectivity index (χ1) is 13.0. The number of carbonyl (C=O) groups is 2. The molecule has 0 saturated heterocycles. The van der Waals surface area contributed by atoms with Crippen molar-refractivity contribution in [2.45, 2.75) is 27.2 Å². The number of rotatable bonds is 9. The van der Waals surface area contributed by atoms with Crippen LogP contribution in [0.2, 0.25) is 0 Å². The molecule has 3 N–H and O–H groups in total. The summed E-state index contributed by atoms with van der Waals surface area (Å²) in [4.78, 5) is 23.9. The third-order valence-corrected chi connectivity index (χ3v) is 3.64. The Balaban J connectivity index is 1.81. The first-order valence-electron chi connectivity index (χ1n) is 9.12. The molecule has 2 aromatic carbocycles. The number of carbonyl (C=O) groups excluding carboxylic acids is 2. The van der Waals surface area contributed by atoms with Gasteiger partial charge in [-0.3, -0.25) is 9.59 Å². The van der Waals surface area contributed by atoms with E-state index in [2.05, 4.69) is 16.0 Å². The fraction of sp³-hybridized carbons (Fsp3) is 0.333. The van der Waals surface area contributed by atoms with Crippen LogP contribution >= 0.6 is 0 Å². The molecule has 0 heterocycles. The van der Waals surface area contributed by atoms with Gasteiger partial charge in [0.05, 0.1) is 13.2 Å². The molecule has 2 rings (SSSR count). The Bertz CT molecular complexity index is 758. The van der Waals surface area contributed by atoms with E-state index in [0.717, 1.165) is 17.1 Å². The Morgan fingerprint density at radius 3 is 2.26 bits per heavy atom. The summed E-state index contributed by atoms with van der Waals surface area (Å²) >= 11 is 0. The topological polar surface area (TPSA) is 79.5 Å². The Labute approximate surface area is 160 Å². The van der Waals surface area contributed by atoms with Gasteiger partial charge in [-0.05, 0) is 49.2 Å². The molecular weight excluding hydrogens is 342 g/mol. The van der Waals surface area contributed by atoms with Gasteiger partial charge >= 0.3 is 0 Å². The Morgan fingerprint density at radius 1 is 0.926 bits per heavy atom. The van der Waals surface area contributed by atoms with E-state index in [1.807, 2.05) is 63.2 Å². The number of amides is 2. The van der Waals surface area contributed by atoms with Gasteiger partial charge in [0.1, 0.15) is 5.75 Å². The zero-order chi connectivity index (χ0) is 19.6. The average Bonchev–Trinajstić information content (AvgIpc) is 2.61. The van der Waals surface area contributed by atoms with Crippen molar-refractivity contribution in [2.75, 3.05) is 29.1 Å². The maximum absolute atomic E-state index is 12.1. The molecule has 0 radical (unpaired) electrons. The summed E-state index contributed by atoms with van der Waals surface area (Å²) in [5.41, 5.74) is 2.23. The third-order valence-electron chi connectivity index (χ3n) is 3.64. The smallest absolute Gasteiger partial charge is 0.243 e. The van der Waals surface area contributed by atoms with Gasteiger partial charge in [-0.2, -0.15) is 0 Å². The summed E-state index contributed by atoms with van der Waals surface area (Å²) in [5, 5.41) is 8.75. The molecule has 144 valence electrons. The molecule has 0 fully saturated rings. The van der Waals surface area contributed by atoms with Crippen LogP contribution in [0.15, 0.2) is 48.5 Å². The molecular formula is C21H27N3O3. The van der Waals surface area contributed by atoms with E-state index in [1.165, 1.54) is 0 Å². The van der Waals surface area contributed by atoms with Crippen LogP contribution in [0.25, 0.3) is 0 Å². The van der Waals surface area contributed by atoms with Crippen LogP contribution in [0.4, 0.5) is 17.1 Å². The van der Waals surface area contributed by atoms with Crippen molar-refractivity contribution in [1.29, 1.82) is 0 Å². The minimum atomic E-state index is -0.155. The Hall–Kier alpha value is -3.02. The first-order valence-corrected chi connectivity index (χ1v) is 9.12. The molecule has 0 aliphatic rings. The quantitative estimate of drug-likeness (QED) is 0.621. The number of nitrogens with one attached hydrogen (secondary N) is 3. The van der Waals surface area contributed by atoms with Crippen molar-refractivity contribution in [3.63, 3.8) is 0 Å². The lowest BCUT2D eigenvalue weighted by atomic mass is 10.1. The summed E-state index contributed by atoms with van der Waals surface area (Å²) in [5.74, 6) is 0.884. The van der Waals surface area contributed by atoms with Crippen LogP contribution in [0.1, 0.15) is 27.2 Å². The SMILES string of the molecule is CCOc1cccc(NC(=O)CNc2ccc(NC(=O)CC(C)C)cc2)c1. The molecule has 0 aliphatic carbocycles. The van der Waals surface area contributed by atoms with E-state index in [1.54, 1.807) is 6.07 Å². The van der Waals surface area contributed by atoms with Gasteiger partial charge in [-0.1, -0.05) is 19.9 Å². The molecule has 2 aromatic rings. The van der Waals surface area contributed by atoms with Crippen molar-refractivity contribution in [3.05, 3.63) is 48.5 Å². The predicted molar refractivity (Wildman–Crippen MR) is 109 cm³/mol. The number of hydrogen-bond donors (Lipinski definition) is 3. The van der Waals surface area contributed by atoms with Gasteiger partial charge in [0, 0.05) is 29.5 Å². The highest BCUT2D eigenvalue weighted by atomic mass is 16.5. The van der Waals surface area contributed by atoms with Crippen LogP contribution in [0.5, 0.6) is 5.75 Å². The summed E-state index contributed by atoms with van der Waals surface area (Å²) < 4.78 is 5.42. The number of anilines is 3. The number of benzene rings is 2. The molecule has 0 unspecified atom stereocenters. The molecule has 6 nitrogen and oxygen atoms in total. The maximum Gasteiger partial charge on any atom is 0.243 e. The van der Waals surface area contributed by atoms with E-state index in [9.17, 15) is 9.59 Å². The highest BCUT2D eigenvalue weighted by molar-refractivity contribution is 5.94. The van der Waals surface area contributed by atoms with E-state index < -0.39 is 0 Å². The van der Waals surface area contributed by atoms with Gasteiger partial charge in [0.25, 0.3) is 0 Å². The van der Waals surface area contributed by atoms with Crippen molar-refractivity contribution < 1.29 is 14.3 Å². The summed E-state index contributed by atoms with van der Waals surface area (Å²) in [6, 6.07) is 14.6. The van der Waals surface area contributed by atoms with Crippen molar-refractivity contribution in [3.8, 4) is 5.75 Å². The van der Waals surface area contributed by atoms with Crippen LogP contribution in [0.3, 0.4) is 0 Å². The standard InChI is InChI=1S/C21H27N3O3/c1-4-27-19-7-5-6-18(13-19)24-21(26)14-22-16-8-10-17(11-9-16)23-20(25)12-15(2)3/h5-11,13,15,22H,4,12,14H2,1-3H3,(H,23,25)(H,24,26). The molecule has 2 amide bonds. The molecule has 0 atom stereocenters. The summed E-state index contributed by atoms with van der Waals surface area (Å²) in [6.07, 6.45) is 0.491. The second kappa shape index (κ2) is 10.2. The van der Waals surface area contributed by atoms with Gasteiger partial charge in [-0.15, -0.1) is 0 Å². The van der Waals surface area contributed by atoms with Crippen molar-refractivity contribution in [2.24, 2.45) is 5.92 Å². The normalized spacial score (nSPS) is 10.4. The van der Waals surface area contributed by atoms with Crippen LogP contribution < -0.4 is 20.7 Å². The third kappa shape index (κ3) is 7.40. The van der Waals surface area contributed by atoms with Crippen LogP contribution in [-0.2, 0) is 9.59 Å². The fourth-order valence-corrected chi connectivity index (χ4v) is 2.47. The zero-order valence-corrected chi connectivity index (χ0v) is 16.0. The molecule has 0 aliphatic heterocycles. The zero-order valence-electron chi connectivity index (χ0n) is 16.0. The fourth-order valence-electron chi connectivity index (χ4n) is 2.47. The van der Waals surface area contributed by atoms with E-state index in [4.69, 9.17) is 4.74 Å².